The number of rotatable bonds is 3. The molecule has 21 heavy (non-hydrogen) atoms. The molecular formula is C11H11BrN4O4S. The third kappa shape index (κ3) is 2.85. The lowest BCUT2D eigenvalue weighted by atomic mass is 10.3. The number of aromatic amines is 2. The summed E-state index contributed by atoms with van der Waals surface area (Å²) < 4.78 is -0.00247. The van der Waals surface area contributed by atoms with Crippen molar-refractivity contribution in [3.05, 3.63) is 35.4 Å². The van der Waals surface area contributed by atoms with Crippen LogP contribution in [-0.4, -0.2) is 40.2 Å². The molecule has 0 saturated carbocycles. The minimum absolute atomic E-state index is 0.00247. The molecule has 8 nitrogen and oxygen atoms in total. The second kappa shape index (κ2) is 5.74. The average Bonchev–Trinajstić information content (AvgIpc) is 2.79. The molecule has 0 fully saturated rings. The van der Waals surface area contributed by atoms with Crippen molar-refractivity contribution < 1.29 is 9.90 Å². The Kier molecular flexibility index (Phi) is 4.19. The lowest BCUT2D eigenvalue weighted by molar-refractivity contribution is 0.0829. The summed E-state index contributed by atoms with van der Waals surface area (Å²) in [4.78, 5) is 36.4. The summed E-state index contributed by atoms with van der Waals surface area (Å²) in [5.74, 6) is -0.630. The first-order chi connectivity index (χ1) is 9.82. The van der Waals surface area contributed by atoms with Gasteiger partial charge in [0, 0.05) is 19.5 Å². The topological polar surface area (TPSA) is 118 Å². The Morgan fingerprint density at radius 3 is 2.57 bits per heavy atom. The van der Waals surface area contributed by atoms with Gasteiger partial charge >= 0.3 is 0 Å². The van der Waals surface area contributed by atoms with E-state index >= 15 is 0 Å². The maximum absolute atomic E-state index is 11.8. The highest BCUT2D eigenvalue weighted by molar-refractivity contribution is 9.10. The standard InChI is InChI=1S/C11H11BrN4O4S/c1-16(2)11(20)8-7(17)4(3-21-8)13-6-5(12)9(18)14-15-10(6)19/h3,17H,1-2H3,(H,15,19)(H2,13,14,18). The van der Waals surface area contributed by atoms with E-state index in [1.165, 1.54) is 10.3 Å². The number of anilines is 2. The highest BCUT2D eigenvalue weighted by Gasteiger charge is 2.20. The third-order valence-corrected chi connectivity index (χ3v) is 4.27. The summed E-state index contributed by atoms with van der Waals surface area (Å²) in [5, 5.41) is 18.5. The summed E-state index contributed by atoms with van der Waals surface area (Å²) in [5.41, 5.74) is -0.998. The monoisotopic (exact) mass is 374 g/mol. The Labute approximate surface area is 130 Å². The van der Waals surface area contributed by atoms with Gasteiger partial charge in [-0.15, -0.1) is 11.3 Å². The molecule has 0 saturated heterocycles. The Hall–Kier alpha value is -2.07. The number of nitrogens with one attached hydrogen (secondary N) is 3. The molecular weight excluding hydrogens is 364 g/mol. The number of carbonyl (C=O) groups is 1. The van der Waals surface area contributed by atoms with Gasteiger partial charge < -0.3 is 15.3 Å². The zero-order valence-electron chi connectivity index (χ0n) is 11.0. The van der Waals surface area contributed by atoms with Crippen molar-refractivity contribution in [3.63, 3.8) is 0 Å². The van der Waals surface area contributed by atoms with Gasteiger partial charge in [-0.2, -0.15) is 0 Å². The molecule has 10 heteroatoms. The lowest BCUT2D eigenvalue weighted by Gasteiger charge is -2.09. The molecule has 0 aliphatic carbocycles. The Balaban J connectivity index is 2.43. The molecule has 0 radical (unpaired) electrons. The van der Waals surface area contributed by atoms with Crippen molar-refractivity contribution in [2.24, 2.45) is 0 Å². The molecule has 0 aliphatic rings. The second-order valence-electron chi connectivity index (χ2n) is 4.25. The Morgan fingerprint density at radius 1 is 1.33 bits per heavy atom. The number of thiophene rings is 1. The number of amides is 1. The predicted molar refractivity (Wildman–Crippen MR) is 82.7 cm³/mol. The van der Waals surface area contributed by atoms with Gasteiger partial charge in [0.25, 0.3) is 17.0 Å². The fourth-order valence-electron chi connectivity index (χ4n) is 1.49. The second-order valence-corrected chi connectivity index (χ2v) is 5.92. The first-order valence-electron chi connectivity index (χ1n) is 5.62. The molecule has 112 valence electrons. The van der Waals surface area contributed by atoms with E-state index < -0.39 is 11.1 Å². The van der Waals surface area contributed by atoms with Gasteiger partial charge in [0.1, 0.15) is 15.0 Å². The van der Waals surface area contributed by atoms with Crippen molar-refractivity contribution in [1.29, 1.82) is 0 Å². The van der Waals surface area contributed by atoms with Crippen LogP contribution in [0.1, 0.15) is 9.67 Å². The first-order valence-corrected chi connectivity index (χ1v) is 7.29. The number of H-pyrrole nitrogens is 2. The van der Waals surface area contributed by atoms with Crippen LogP contribution in [0.4, 0.5) is 11.4 Å². The van der Waals surface area contributed by atoms with Gasteiger partial charge in [-0.3, -0.25) is 24.6 Å². The van der Waals surface area contributed by atoms with E-state index in [4.69, 9.17) is 0 Å². The number of hydrogen-bond acceptors (Lipinski definition) is 6. The summed E-state index contributed by atoms with van der Waals surface area (Å²) in [6, 6.07) is 0. The third-order valence-electron chi connectivity index (χ3n) is 2.56. The SMILES string of the molecule is CN(C)C(=O)c1scc(Nc2c(Br)c(=O)[nH][nH]c2=O)c1O. The quantitative estimate of drug-likeness (QED) is 0.639. The van der Waals surface area contributed by atoms with E-state index in [2.05, 4.69) is 31.4 Å². The van der Waals surface area contributed by atoms with Gasteiger partial charge in [-0.05, 0) is 15.9 Å². The van der Waals surface area contributed by atoms with Crippen molar-refractivity contribution in [1.82, 2.24) is 15.1 Å². The number of carbonyl (C=O) groups excluding carboxylic acids is 1. The van der Waals surface area contributed by atoms with Crippen LogP contribution in [-0.2, 0) is 0 Å². The van der Waals surface area contributed by atoms with E-state index in [1.54, 1.807) is 14.1 Å². The van der Waals surface area contributed by atoms with Gasteiger partial charge in [-0.25, -0.2) is 0 Å². The van der Waals surface area contributed by atoms with E-state index in [1.807, 2.05) is 0 Å². The summed E-state index contributed by atoms with van der Waals surface area (Å²) in [6.07, 6.45) is 0. The molecule has 2 rings (SSSR count). The number of hydrogen-bond donors (Lipinski definition) is 4. The normalized spacial score (nSPS) is 10.4. The number of aromatic nitrogens is 2. The molecule has 2 aromatic rings. The van der Waals surface area contributed by atoms with E-state index in [0.717, 1.165) is 11.3 Å². The zero-order chi connectivity index (χ0) is 15.7. The van der Waals surface area contributed by atoms with Gasteiger partial charge in [0.2, 0.25) is 0 Å². The Morgan fingerprint density at radius 2 is 1.95 bits per heavy atom. The molecule has 0 atom stereocenters. The van der Waals surface area contributed by atoms with Crippen molar-refractivity contribution in [3.8, 4) is 5.75 Å². The Bertz CT molecular complexity index is 807. The van der Waals surface area contributed by atoms with E-state index in [-0.39, 0.29) is 32.4 Å². The molecule has 0 aromatic carbocycles. The summed E-state index contributed by atoms with van der Waals surface area (Å²) in [7, 11) is 3.12. The van der Waals surface area contributed by atoms with Gasteiger partial charge in [0.15, 0.2) is 5.75 Å². The van der Waals surface area contributed by atoms with Crippen LogP contribution >= 0.6 is 27.3 Å². The molecule has 0 bridgehead atoms. The van der Waals surface area contributed by atoms with Crippen LogP contribution < -0.4 is 16.4 Å². The van der Waals surface area contributed by atoms with Crippen LogP contribution in [0, 0.1) is 0 Å². The highest BCUT2D eigenvalue weighted by atomic mass is 79.9. The maximum atomic E-state index is 11.8. The highest BCUT2D eigenvalue weighted by Crippen LogP contribution is 2.36. The van der Waals surface area contributed by atoms with Crippen molar-refractivity contribution >= 4 is 44.5 Å². The average molecular weight is 375 g/mol. The van der Waals surface area contributed by atoms with Crippen molar-refractivity contribution in [2.45, 2.75) is 0 Å². The largest absolute Gasteiger partial charge is 0.504 e. The van der Waals surface area contributed by atoms with Crippen LogP contribution in [0.5, 0.6) is 5.75 Å². The number of aromatic hydroxyl groups is 1. The molecule has 2 aromatic heterocycles. The van der Waals surface area contributed by atoms with Crippen LogP contribution in [0.3, 0.4) is 0 Å². The number of nitrogens with zero attached hydrogens (tertiary/aromatic N) is 1. The van der Waals surface area contributed by atoms with E-state index in [0.29, 0.717) is 0 Å². The predicted octanol–water partition coefficient (Wildman–Crippen LogP) is 1.04. The fourth-order valence-corrected chi connectivity index (χ4v) is 2.78. The minimum atomic E-state index is -0.576. The van der Waals surface area contributed by atoms with Crippen LogP contribution in [0.15, 0.2) is 19.4 Å². The molecule has 1 amide bonds. The zero-order valence-corrected chi connectivity index (χ0v) is 13.4. The lowest BCUT2D eigenvalue weighted by Crippen LogP contribution is -2.22. The molecule has 2 heterocycles. The molecule has 0 unspecified atom stereocenters. The van der Waals surface area contributed by atoms with Gasteiger partial charge in [0.05, 0.1) is 5.69 Å². The van der Waals surface area contributed by atoms with Crippen LogP contribution in [0.2, 0.25) is 0 Å². The molecule has 0 spiro atoms. The van der Waals surface area contributed by atoms with Gasteiger partial charge in [-0.1, -0.05) is 0 Å². The summed E-state index contributed by atoms with van der Waals surface area (Å²) >= 11 is 4.02. The fraction of sp³-hybridized carbons (Fsp3) is 0.182. The smallest absolute Gasteiger partial charge is 0.287 e. The van der Waals surface area contributed by atoms with E-state index in [9.17, 15) is 19.5 Å². The van der Waals surface area contributed by atoms with Crippen LogP contribution in [0.25, 0.3) is 0 Å². The summed E-state index contributed by atoms with van der Waals surface area (Å²) in [6.45, 7) is 0. The number of halogens is 1. The maximum Gasteiger partial charge on any atom is 0.287 e. The first kappa shape index (κ1) is 15.3. The van der Waals surface area contributed by atoms with Crippen molar-refractivity contribution in [2.75, 3.05) is 19.4 Å². The molecule has 4 N–H and O–H groups in total. The molecule has 0 aliphatic heterocycles. The minimum Gasteiger partial charge on any atom is -0.504 e.